The smallest absolute Gasteiger partial charge is 0.334 e. The summed E-state index contributed by atoms with van der Waals surface area (Å²) >= 11 is 0. The lowest BCUT2D eigenvalue weighted by atomic mass is 10.1. The van der Waals surface area contributed by atoms with Gasteiger partial charge in [-0.2, -0.15) is 5.10 Å². The molecule has 2 N–H and O–H groups in total. The third kappa shape index (κ3) is 4.07. The molecule has 1 aromatic heterocycles. The van der Waals surface area contributed by atoms with Crippen LogP contribution < -0.4 is 10.6 Å². The van der Waals surface area contributed by atoms with E-state index in [-0.39, 0.29) is 17.6 Å². The zero-order valence-electron chi connectivity index (χ0n) is 13.0. The number of nitrogens with one attached hydrogen (secondary N) is 2. The van der Waals surface area contributed by atoms with Crippen LogP contribution in [0.2, 0.25) is 0 Å². The highest BCUT2D eigenvalue weighted by molar-refractivity contribution is 5.73. The van der Waals surface area contributed by atoms with Gasteiger partial charge in [-0.1, -0.05) is 13.8 Å². The molecule has 0 radical (unpaired) electrons. The number of urea groups is 1. The highest BCUT2D eigenvalue weighted by Gasteiger charge is 2.28. The van der Waals surface area contributed by atoms with Gasteiger partial charge >= 0.3 is 11.7 Å². The first kappa shape index (κ1) is 16.7. The summed E-state index contributed by atoms with van der Waals surface area (Å²) in [4.78, 5) is 23.6. The number of anilines is 1. The molecule has 0 spiro atoms. The van der Waals surface area contributed by atoms with Gasteiger partial charge in [0.15, 0.2) is 0 Å². The van der Waals surface area contributed by atoms with Crippen LogP contribution >= 0.6 is 0 Å². The number of carbonyl (C=O) groups is 1. The second kappa shape index (κ2) is 6.91. The molecule has 0 aliphatic carbocycles. The van der Waals surface area contributed by atoms with Crippen molar-refractivity contribution in [2.45, 2.75) is 19.8 Å². The molecule has 0 fully saturated rings. The van der Waals surface area contributed by atoms with Crippen LogP contribution in [0.3, 0.4) is 0 Å². The molecule has 21 heavy (non-hydrogen) atoms. The lowest BCUT2D eigenvalue weighted by Crippen LogP contribution is -2.37. The molecule has 0 unspecified atom stereocenters. The Balaban J connectivity index is 2.75. The summed E-state index contributed by atoms with van der Waals surface area (Å²) in [6, 6.07) is -0.209. The first-order valence-electron chi connectivity index (χ1n) is 6.66. The van der Waals surface area contributed by atoms with Gasteiger partial charge in [-0.05, 0) is 0 Å². The van der Waals surface area contributed by atoms with Crippen LogP contribution in [-0.2, 0) is 7.05 Å². The normalized spacial score (nSPS) is 10.6. The molecular formula is C12H22N6O3. The van der Waals surface area contributed by atoms with E-state index in [2.05, 4.69) is 15.7 Å². The molecule has 1 heterocycles. The maximum atomic E-state index is 11.4. The topological polar surface area (TPSA) is 105 Å². The number of rotatable bonds is 6. The van der Waals surface area contributed by atoms with Gasteiger partial charge in [0, 0.05) is 40.2 Å². The minimum atomic E-state index is -0.428. The summed E-state index contributed by atoms with van der Waals surface area (Å²) in [5.74, 6) is 0.309. The van der Waals surface area contributed by atoms with Crippen molar-refractivity contribution in [1.29, 1.82) is 0 Å². The van der Waals surface area contributed by atoms with E-state index < -0.39 is 4.92 Å². The second-order valence-electron chi connectivity index (χ2n) is 5.17. The second-order valence-corrected chi connectivity index (χ2v) is 5.17. The molecule has 1 aromatic rings. The van der Waals surface area contributed by atoms with E-state index >= 15 is 0 Å². The monoisotopic (exact) mass is 298 g/mol. The molecule has 0 bridgehead atoms. The summed E-state index contributed by atoms with van der Waals surface area (Å²) in [5, 5.41) is 21.0. The maximum Gasteiger partial charge on any atom is 0.334 e. The van der Waals surface area contributed by atoms with E-state index in [4.69, 9.17) is 0 Å². The van der Waals surface area contributed by atoms with Gasteiger partial charge in [0.05, 0.1) is 4.92 Å². The van der Waals surface area contributed by atoms with E-state index in [1.165, 1.54) is 9.58 Å². The fraction of sp³-hybridized carbons (Fsp3) is 0.667. The molecular weight excluding hydrogens is 276 g/mol. The van der Waals surface area contributed by atoms with Gasteiger partial charge in [-0.25, -0.2) is 9.48 Å². The van der Waals surface area contributed by atoms with Gasteiger partial charge in [0.1, 0.15) is 5.69 Å². The van der Waals surface area contributed by atoms with E-state index in [1.54, 1.807) is 21.1 Å². The average molecular weight is 298 g/mol. The van der Waals surface area contributed by atoms with E-state index in [1.807, 2.05) is 13.8 Å². The summed E-state index contributed by atoms with van der Waals surface area (Å²) in [6.45, 7) is 4.45. The standard InChI is InChI=1S/C12H22N6O3/c1-8(2)9-10(18(20)21)11(17(5)15-9)13-6-7-14-12(19)16(3)4/h8,13H,6-7H2,1-5H3,(H,14,19). The highest BCUT2D eigenvalue weighted by atomic mass is 16.6. The first-order chi connectivity index (χ1) is 9.75. The first-order valence-corrected chi connectivity index (χ1v) is 6.66. The van der Waals surface area contributed by atoms with Gasteiger partial charge in [-0.15, -0.1) is 0 Å². The number of carbonyl (C=O) groups excluding carboxylic acids is 1. The molecule has 0 aliphatic rings. The van der Waals surface area contributed by atoms with Crippen LogP contribution in [0.1, 0.15) is 25.5 Å². The van der Waals surface area contributed by atoms with Gasteiger partial charge < -0.3 is 15.5 Å². The van der Waals surface area contributed by atoms with E-state index in [0.29, 0.717) is 24.6 Å². The zero-order chi connectivity index (χ0) is 16.2. The molecule has 1 rings (SSSR count). The molecule has 0 saturated heterocycles. The Morgan fingerprint density at radius 3 is 2.52 bits per heavy atom. The number of nitro groups is 1. The summed E-state index contributed by atoms with van der Waals surface area (Å²) in [6.07, 6.45) is 0. The predicted octanol–water partition coefficient (Wildman–Crippen LogP) is 1.13. The number of nitrogens with zero attached hydrogens (tertiary/aromatic N) is 4. The fourth-order valence-electron chi connectivity index (χ4n) is 1.81. The SMILES string of the molecule is CC(C)c1nn(C)c(NCCNC(=O)N(C)C)c1[N+](=O)[O-]. The number of hydrogen-bond donors (Lipinski definition) is 2. The minimum absolute atomic E-state index is 0.00793. The molecule has 0 saturated carbocycles. The molecule has 9 nitrogen and oxygen atoms in total. The number of aryl methyl sites for hydroxylation is 1. The van der Waals surface area contributed by atoms with Crippen molar-refractivity contribution in [2.75, 3.05) is 32.5 Å². The molecule has 2 amide bonds. The molecule has 118 valence electrons. The third-order valence-electron chi connectivity index (χ3n) is 2.88. The lowest BCUT2D eigenvalue weighted by molar-refractivity contribution is -0.384. The Hall–Kier alpha value is -2.32. The number of amides is 2. The van der Waals surface area contributed by atoms with Crippen molar-refractivity contribution in [1.82, 2.24) is 20.0 Å². The third-order valence-corrected chi connectivity index (χ3v) is 2.88. The minimum Gasteiger partial charge on any atom is -0.363 e. The summed E-state index contributed by atoms with van der Waals surface area (Å²) < 4.78 is 1.46. The largest absolute Gasteiger partial charge is 0.363 e. The maximum absolute atomic E-state index is 11.4. The van der Waals surface area contributed by atoms with E-state index in [0.717, 1.165) is 0 Å². The van der Waals surface area contributed by atoms with Crippen molar-refractivity contribution in [3.8, 4) is 0 Å². The van der Waals surface area contributed by atoms with Crippen molar-refractivity contribution < 1.29 is 9.72 Å². The molecule has 0 aliphatic heterocycles. The quantitative estimate of drug-likeness (QED) is 0.465. The van der Waals surface area contributed by atoms with E-state index in [9.17, 15) is 14.9 Å². The number of aromatic nitrogens is 2. The number of hydrogen-bond acceptors (Lipinski definition) is 5. The predicted molar refractivity (Wildman–Crippen MR) is 79.5 cm³/mol. The average Bonchev–Trinajstić information content (AvgIpc) is 2.71. The molecule has 0 atom stereocenters. The van der Waals surface area contributed by atoms with Crippen LogP contribution in [0, 0.1) is 10.1 Å². The fourth-order valence-corrected chi connectivity index (χ4v) is 1.81. The Kier molecular flexibility index (Phi) is 5.51. The summed E-state index contributed by atoms with van der Waals surface area (Å²) in [7, 11) is 4.94. The molecule has 9 heteroatoms. The molecule has 0 aromatic carbocycles. The lowest BCUT2D eigenvalue weighted by Gasteiger charge is -2.12. The van der Waals surface area contributed by atoms with Crippen LogP contribution in [0.5, 0.6) is 0 Å². The zero-order valence-corrected chi connectivity index (χ0v) is 13.0. The van der Waals surface area contributed by atoms with Gasteiger partial charge in [0.2, 0.25) is 5.82 Å². The Morgan fingerprint density at radius 2 is 2.05 bits per heavy atom. The highest BCUT2D eigenvalue weighted by Crippen LogP contribution is 2.32. The van der Waals surface area contributed by atoms with Crippen molar-refractivity contribution >= 4 is 17.5 Å². The summed E-state index contributed by atoms with van der Waals surface area (Å²) in [5.41, 5.74) is 0.439. The van der Waals surface area contributed by atoms with Crippen LogP contribution in [0.25, 0.3) is 0 Å². The Morgan fingerprint density at radius 1 is 1.43 bits per heavy atom. The van der Waals surface area contributed by atoms with Gasteiger partial charge in [-0.3, -0.25) is 10.1 Å². The Labute approximate surface area is 123 Å². The van der Waals surface area contributed by atoms with Crippen LogP contribution in [0.4, 0.5) is 16.3 Å². The Bertz CT molecular complexity index is 523. The van der Waals surface area contributed by atoms with Crippen molar-refractivity contribution in [3.05, 3.63) is 15.8 Å². The van der Waals surface area contributed by atoms with Crippen molar-refractivity contribution in [2.24, 2.45) is 7.05 Å². The van der Waals surface area contributed by atoms with Crippen LogP contribution in [-0.4, -0.2) is 52.8 Å². The van der Waals surface area contributed by atoms with Crippen molar-refractivity contribution in [3.63, 3.8) is 0 Å². The van der Waals surface area contributed by atoms with Gasteiger partial charge in [0.25, 0.3) is 0 Å². The van der Waals surface area contributed by atoms with Crippen LogP contribution in [0.15, 0.2) is 0 Å².